The minimum Gasteiger partial charge on any atom is -0.444 e. The third-order valence-electron chi connectivity index (χ3n) is 4.89. The number of imide groups is 1. The van der Waals surface area contributed by atoms with E-state index in [4.69, 9.17) is 10.2 Å². The van der Waals surface area contributed by atoms with Gasteiger partial charge in [0.05, 0.1) is 16.1 Å². The molecule has 0 unspecified atom stereocenters. The van der Waals surface area contributed by atoms with Crippen molar-refractivity contribution in [3.05, 3.63) is 56.3 Å². The average molecular weight is 442 g/mol. The zero-order valence-electron chi connectivity index (χ0n) is 17.1. The molecule has 1 aromatic heterocycles. The van der Waals surface area contributed by atoms with Crippen LogP contribution >= 0.6 is 0 Å². The van der Waals surface area contributed by atoms with Crippen molar-refractivity contribution < 1.29 is 33.3 Å². The van der Waals surface area contributed by atoms with Gasteiger partial charge in [-0.05, 0) is 26.3 Å². The molecular weight excluding hydrogens is 424 g/mol. The van der Waals surface area contributed by atoms with Gasteiger partial charge in [0.2, 0.25) is 11.8 Å². The second kappa shape index (κ2) is 8.41. The Morgan fingerprint density at radius 3 is 2.47 bits per heavy atom. The number of carbonyl (C=O) groups excluding carboxylic acids is 5. The molecule has 166 valence electrons. The van der Waals surface area contributed by atoms with E-state index in [2.05, 4.69) is 5.32 Å². The summed E-state index contributed by atoms with van der Waals surface area (Å²) in [7, 11) is 0. The van der Waals surface area contributed by atoms with Crippen molar-refractivity contribution >= 4 is 41.0 Å². The molecule has 2 heterocycles. The number of benzene rings is 1. The van der Waals surface area contributed by atoms with E-state index in [9.17, 15) is 34.1 Å². The molecule has 12 heteroatoms. The molecule has 0 aliphatic carbocycles. The molecule has 1 aliphatic heterocycles. The maximum Gasteiger partial charge on any atom is 0.282 e. The summed E-state index contributed by atoms with van der Waals surface area (Å²) in [6.07, 6.45) is -0.140. The molecule has 4 amide bonds. The first-order valence-corrected chi connectivity index (χ1v) is 9.42. The highest BCUT2D eigenvalue weighted by Gasteiger charge is 2.40. The minimum atomic E-state index is -0.949. The first kappa shape index (κ1) is 22.3. The van der Waals surface area contributed by atoms with Gasteiger partial charge >= 0.3 is 0 Å². The average Bonchev–Trinajstić information content (AvgIpc) is 3.16. The van der Waals surface area contributed by atoms with Crippen LogP contribution < -0.4 is 11.1 Å². The Bertz CT molecular complexity index is 1200. The van der Waals surface area contributed by atoms with Crippen LogP contribution in [0.4, 0.5) is 11.6 Å². The second-order valence-corrected chi connectivity index (χ2v) is 7.03. The van der Waals surface area contributed by atoms with E-state index in [-0.39, 0.29) is 53.3 Å². The van der Waals surface area contributed by atoms with Gasteiger partial charge in [-0.15, -0.1) is 0 Å². The number of nitro benzene ring substituents is 1. The molecule has 32 heavy (non-hydrogen) atoms. The molecule has 0 bridgehead atoms. The largest absolute Gasteiger partial charge is 0.444 e. The number of hydrogen-bond acceptors (Lipinski definition) is 8. The summed E-state index contributed by atoms with van der Waals surface area (Å²) in [4.78, 5) is 72.0. The van der Waals surface area contributed by atoms with Gasteiger partial charge in [0.25, 0.3) is 23.4 Å². The zero-order chi connectivity index (χ0) is 23.7. The molecule has 0 fully saturated rings. The van der Waals surface area contributed by atoms with Crippen LogP contribution in [-0.2, 0) is 4.79 Å². The summed E-state index contributed by atoms with van der Waals surface area (Å²) < 4.78 is 5.29. The lowest BCUT2D eigenvalue weighted by atomic mass is 10.1. The number of anilines is 1. The molecule has 1 aliphatic rings. The van der Waals surface area contributed by atoms with Crippen LogP contribution in [0.15, 0.2) is 22.6 Å². The van der Waals surface area contributed by atoms with Crippen molar-refractivity contribution in [2.75, 3.05) is 11.9 Å². The van der Waals surface area contributed by atoms with Crippen molar-refractivity contribution in [3.8, 4) is 0 Å². The number of aryl methyl sites for hydroxylation is 1. The number of Topliss-reactive ketones (excluding diaryl/α,β-unsaturated/α-hetero) is 1. The molecule has 0 saturated heterocycles. The van der Waals surface area contributed by atoms with Crippen molar-refractivity contribution in [1.29, 1.82) is 0 Å². The molecular formula is C20H18N4O8. The number of fused-ring (bicyclic) bond motifs is 1. The topological polar surface area (TPSA) is 183 Å². The highest BCUT2D eigenvalue weighted by molar-refractivity contribution is 6.23. The lowest BCUT2D eigenvalue weighted by molar-refractivity contribution is -0.385. The lowest BCUT2D eigenvalue weighted by Crippen LogP contribution is -2.31. The van der Waals surface area contributed by atoms with E-state index in [1.54, 1.807) is 0 Å². The minimum absolute atomic E-state index is 0.0274. The summed E-state index contributed by atoms with van der Waals surface area (Å²) in [5, 5.41) is 13.5. The molecule has 1 aromatic carbocycles. The Labute approximate surface area is 180 Å². The van der Waals surface area contributed by atoms with Crippen LogP contribution in [0.1, 0.15) is 67.0 Å². The van der Waals surface area contributed by atoms with Gasteiger partial charge in [-0.1, -0.05) is 6.07 Å². The van der Waals surface area contributed by atoms with Crippen LogP contribution in [0.2, 0.25) is 0 Å². The molecule has 0 spiro atoms. The molecule has 0 atom stereocenters. The Kier molecular flexibility index (Phi) is 5.87. The third kappa shape index (κ3) is 3.85. The number of nitrogens with zero attached hydrogens (tertiary/aromatic N) is 2. The first-order chi connectivity index (χ1) is 15.0. The van der Waals surface area contributed by atoms with Gasteiger partial charge in [0.1, 0.15) is 16.9 Å². The van der Waals surface area contributed by atoms with E-state index in [0.717, 1.165) is 11.0 Å². The molecule has 3 N–H and O–H groups in total. The van der Waals surface area contributed by atoms with E-state index < -0.39 is 40.0 Å². The number of primary amides is 1. The first-order valence-electron chi connectivity index (χ1n) is 9.42. The predicted molar refractivity (Wildman–Crippen MR) is 108 cm³/mol. The van der Waals surface area contributed by atoms with Crippen LogP contribution in [0.3, 0.4) is 0 Å². The Morgan fingerprint density at radius 2 is 1.88 bits per heavy atom. The number of furan rings is 1. The molecule has 0 saturated carbocycles. The third-order valence-corrected chi connectivity index (χ3v) is 4.89. The number of carbonyl (C=O) groups is 5. The number of nitrogens with two attached hydrogens (primary N) is 1. The van der Waals surface area contributed by atoms with Crippen molar-refractivity contribution in [2.24, 2.45) is 5.73 Å². The van der Waals surface area contributed by atoms with E-state index >= 15 is 0 Å². The fourth-order valence-electron chi connectivity index (χ4n) is 3.55. The van der Waals surface area contributed by atoms with Crippen LogP contribution in [-0.4, -0.2) is 45.8 Å². The SMILES string of the molecule is CC(=O)c1c(C)oc(NC(=O)CCCN2C(=O)c3cccc([N+](=O)[O-])c3C2=O)c1C(N)=O. The number of amides is 4. The maximum atomic E-state index is 12.5. The van der Waals surface area contributed by atoms with Crippen LogP contribution in [0.25, 0.3) is 0 Å². The zero-order valence-corrected chi connectivity index (χ0v) is 17.1. The van der Waals surface area contributed by atoms with Gasteiger partial charge in [0, 0.05) is 19.0 Å². The summed E-state index contributed by atoms with van der Waals surface area (Å²) in [6, 6.07) is 3.78. The Balaban J connectivity index is 1.67. The smallest absolute Gasteiger partial charge is 0.282 e. The van der Waals surface area contributed by atoms with Gasteiger partial charge < -0.3 is 10.2 Å². The number of hydrogen-bond donors (Lipinski definition) is 2. The predicted octanol–water partition coefficient (Wildman–Crippen LogP) is 1.81. The standard InChI is InChI=1S/C20H18N4O8/c1-9(25)14-10(2)32-18(16(14)17(21)27)22-13(26)7-4-8-23-19(28)11-5-3-6-12(24(30)31)15(11)20(23)29/h3,5-6H,4,7-8H2,1-2H3,(H2,21,27)(H,22,26). The van der Waals surface area contributed by atoms with Crippen molar-refractivity contribution in [1.82, 2.24) is 4.90 Å². The van der Waals surface area contributed by atoms with E-state index in [0.29, 0.717) is 0 Å². The van der Waals surface area contributed by atoms with Gasteiger partial charge in [-0.2, -0.15) is 0 Å². The molecule has 0 radical (unpaired) electrons. The quantitative estimate of drug-likeness (QED) is 0.268. The Hall–Kier alpha value is -4.35. The lowest BCUT2D eigenvalue weighted by Gasteiger charge is -2.13. The van der Waals surface area contributed by atoms with E-state index in [1.807, 2.05) is 0 Å². The summed E-state index contributed by atoms with van der Waals surface area (Å²) in [5.41, 5.74) is 4.22. The summed E-state index contributed by atoms with van der Waals surface area (Å²) in [6.45, 7) is 2.51. The molecule has 3 rings (SSSR count). The van der Waals surface area contributed by atoms with Crippen LogP contribution in [0, 0.1) is 17.0 Å². The van der Waals surface area contributed by atoms with Crippen molar-refractivity contribution in [2.45, 2.75) is 26.7 Å². The molecule has 2 aromatic rings. The highest BCUT2D eigenvalue weighted by Crippen LogP contribution is 2.31. The fourth-order valence-corrected chi connectivity index (χ4v) is 3.55. The number of rotatable bonds is 8. The Morgan fingerprint density at radius 1 is 1.19 bits per heavy atom. The maximum absolute atomic E-state index is 12.5. The summed E-state index contributed by atoms with van der Waals surface area (Å²) in [5.74, 6) is -3.65. The number of ketones is 1. The highest BCUT2D eigenvalue weighted by atomic mass is 16.6. The van der Waals surface area contributed by atoms with Crippen LogP contribution in [0.5, 0.6) is 0 Å². The number of nitrogens with one attached hydrogen (secondary N) is 1. The van der Waals surface area contributed by atoms with Gasteiger partial charge in [-0.25, -0.2) is 0 Å². The van der Waals surface area contributed by atoms with Crippen molar-refractivity contribution in [3.63, 3.8) is 0 Å². The van der Waals surface area contributed by atoms with Gasteiger partial charge in [0.15, 0.2) is 5.78 Å². The number of nitro groups is 1. The van der Waals surface area contributed by atoms with Gasteiger partial charge in [-0.3, -0.25) is 44.3 Å². The van der Waals surface area contributed by atoms with E-state index in [1.165, 1.54) is 26.0 Å². The molecule has 12 nitrogen and oxygen atoms in total. The second-order valence-electron chi connectivity index (χ2n) is 7.03. The fraction of sp³-hybridized carbons (Fsp3) is 0.250. The monoisotopic (exact) mass is 442 g/mol. The summed E-state index contributed by atoms with van der Waals surface area (Å²) >= 11 is 0. The normalized spacial score (nSPS) is 12.6.